The molecule has 8 heteroatoms. The highest BCUT2D eigenvalue weighted by Gasteiger charge is 2.62. The highest BCUT2D eigenvalue weighted by atomic mass is 16.6. The van der Waals surface area contributed by atoms with Crippen LogP contribution in [0.25, 0.3) is 0 Å². The lowest BCUT2D eigenvalue weighted by atomic mass is 9.80. The number of hydrogen-bond acceptors (Lipinski definition) is 6. The van der Waals surface area contributed by atoms with Crippen LogP contribution in [-0.2, 0) is 23.9 Å². The van der Waals surface area contributed by atoms with E-state index >= 15 is 0 Å². The van der Waals surface area contributed by atoms with Crippen molar-refractivity contribution in [3.05, 3.63) is 23.8 Å². The van der Waals surface area contributed by atoms with Crippen LogP contribution in [-0.4, -0.2) is 71.0 Å². The number of epoxide rings is 1. The molecular formula is C23H35NO7. The van der Waals surface area contributed by atoms with E-state index in [4.69, 9.17) is 19.7 Å². The predicted octanol–water partition coefficient (Wildman–Crippen LogP) is 2.88. The van der Waals surface area contributed by atoms with Crippen LogP contribution in [0, 0.1) is 11.8 Å². The molecule has 0 radical (unpaired) electrons. The first kappa shape index (κ1) is 25.1. The van der Waals surface area contributed by atoms with Gasteiger partial charge >= 0.3 is 17.9 Å². The molecule has 2 aliphatic heterocycles. The molecule has 2 saturated heterocycles. The zero-order valence-corrected chi connectivity index (χ0v) is 18.9. The number of carbonyl (C=O) groups excluding carboxylic acids is 1. The molecule has 0 aromatic heterocycles. The van der Waals surface area contributed by atoms with E-state index in [9.17, 15) is 14.4 Å². The summed E-state index contributed by atoms with van der Waals surface area (Å²) in [5, 5.41) is 15.6. The summed E-state index contributed by atoms with van der Waals surface area (Å²) >= 11 is 0. The fourth-order valence-electron chi connectivity index (χ4n) is 4.50. The van der Waals surface area contributed by atoms with Gasteiger partial charge in [-0.05, 0) is 59.5 Å². The van der Waals surface area contributed by atoms with Gasteiger partial charge in [-0.1, -0.05) is 18.6 Å². The Balaban J connectivity index is 0.000000366. The van der Waals surface area contributed by atoms with Crippen molar-refractivity contribution >= 4 is 17.9 Å². The van der Waals surface area contributed by atoms with Gasteiger partial charge in [-0.25, -0.2) is 9.59 Å². The average Bonchev–Trinajstić information content (AvgIpc) is 3.25. The van der Waals surface area contributed by atoms with Crippen molar-refractivity contribution in [2.75, 3.05) is 20.1 Å². The lowest BCUT2D eigenvalue weighted by molar-refractivity contribution is -0.145. The number of carboxylic acid groups (broad SMARTS) is 2. The summed E-state index contributed by atoms with van der Waals surface area (Å²) in [5.74, 6) is -2.24. The molecule has 3 aliphatic rings. The quantitative estimate of drug-likeness (QED) is 0.282. The van der Waals surface area contributed by atoms with Crippen LogP contribution in [0.5, 0.6) is 0 Å². The summed E-state index contributed by atoms with van der Waals surface area (Å²) in [7, 11) is 2.10. The van der Waals surface area contributed by atoms with Gasteiger partial charge in [0.25, 0.3) is 0 Å². The number of nitrogens with zero attached hydrogens (tertiary/aromatic N) is 1. The number of rotatable bonds is 6. The summed E-state index contributed by atoms with van der Waals surface area (Å²) < 4.78 is 11.8. The molecule has 0 amide bonds. The summed E-state index contributed by atoms with van der Waals surface area (Å²) in [6, 6.07) is 0. The lowest BCUT2D eigenvalue weighted by Crippen LogP contribution is -2.35. The van der Waals surface area contributed by atoms with E-state index in [-0.39, 0.29) is 35.6 Å². The van der Waals surface area contributed by atoms with E-state index in [1.165, 1.54) is 5.57 Å². The molecule has 8 nitrogen and oxygen atoms in total. The van der Waals surface area contributed by atoms with Gasteiger partial charge in [-0.3, -0.25) is 4.79 Å². The molecule has 31 heavy (non-hydrogen) atoms. The topological polar surface area (TPSA) is 117 Å². The molecule has 0 spiro atoms. The van der Waals surface area contributed by atoms with E-state index in [2.05, 4.69) is 38.8 Å². The van der Waals surface area contributed by atoms with E-state index in [1.807, 2.05) is 0 Å². The number of aliphatic carboxylic acids is 2. The molecule has 0 unspecified atom stereocenters. The van der Waals surface area contributed by atoms with Crippen LogP contribution in [0.1, 0.15) is 52.9 Å². The van der Waals surface area contributed by atoms with Crippen molar-refractivity contribution < 1.29 is 34.1 Å². The summed E-state index contributed by atoms with van der Waals surface area (Å²) in [4.78, 5) is 33.9. The number of esters is 1. The zero-order chi connectivity index (χ0) is 23.2. The minimum atomic E-state index is -1.26. The first-order valence-corrected chi connectivity index (χ1v) is 10.9. The third kappa shape index (κ3) is 7.18. The Morgan fingerprint density at radius 1 is 1.29 bits per heavy atom. The van der Waals surface area contributed by atoms with Crippen LogP contribution in [0.4, 0.5) is 0 Å². The molecule has 2 heterocycles. The molecule has 0 aromatic carbocycles. The van der Waals surface area contributed by atoms with Crippen molar-refractivity contribution in [3.63, 3.8) is 0 Å². The van der Waals surface area contributed by atoms with E-state index in [1.54, 1.807) is 0 Å². The monoisotopic (exact) mass is 437 g/mol. The van der Waals surface area contributed by atoms with Gasteiger partial charge in [0, 0.05) is 24.6 Å². The maximum atomic E-state index is 12.5. The second-order valence-corrected chi connectivity index (χ2v) is 8.92. The van der Waals surface area contributed by atoms with Gasteiger partial charge in [0.1, 0.15) is 12.2 Å². The van der Waals surface area contributed by atoms with Crippen molar-refractivity contribution in [2.24, 2.45) is 11.8 Å². The number of carbonyl (C=O) groups is 3. The molecule has 1 aliphatic carbocycles. The molecule has 2 fully saturated rings. The van der Waals surface area contributed by atoms with Crippen molar-refractivity contribution in [1.82, 2.24) is 4.90 Å². The molecule has 3 rings (SSSR count). The number of allylic oxidation sites excluding steroid dienone is 2. The molecule has 2 N–H and O–H groups in total. The Hall–Kier alpha value is -2.19. The van der Waals surface area contributed by atoms with Crippen LogP contribution in [0.15, 0.2) is 23.8 Å². The number of carboxylic acids is 2. The van der Waals surface area contributed by atoms with Gasteiger partial charge in [-0.15, -0.1) is 0 Å². The Labute approximate surface area is 183 Å². The van der Waals surface area contributed by atoms with Crippen LogP contribution in [0.3, 0.4) is 0 Å². The number of fused-ring (bicyclic) bond motifs is 3. The van der Waals surface area contributed by atoms with Gasteiger partial charge < -0.3 is 24.6 Å². The maximum absolute atomic E-state index is 12.5. The highest BCUT2D eigenvalue weighted by molar-refractivity contribution is 5.89. The zero-order valence-electron chi connectivity index (χ0n) is 18.9. The van der Waals surface area contributed by atoms with E-state index in [0.29, 0.717) is 12.2 Å². The SMILES string of the molecule is CCCN(C)C[C@@H]1C(=O)O[C@H]2[C@H]1CCC(C)=CCC[C@@]1(C)O[C@@H]21.O=C(O)/C=C/C(=O)O. The third-order valence-electron chi connectivity index (χ3n) is 6.22. The highest BCUT2D eigenvalue weighted by Crippen LogP contribution is 2.50. The third-order valence-corrected chi connectivity index (χ3v) is 6.22. The summed E-state index contributed by atoms with van der Waals surface area (Å²) in [6.07, 6.45) is 8.81. The summed E-state index contributed by atoms with van der Waals surface area (Å²) in [5.41, 5.74) is 1.34. The fourth-order valence-corrected chi connectivity index (χ4v) is 4.50. The molecule has 0 saturated carbocycles. The van der Waals surface area contributed by atoms with Gasteiger partial charge in [0.2, 0.25) is 0 Å². The van der Waals surface area contributed by atoms with Gasteiger partial charge in [0.15, 0.2) is 0 Å². The minimum absolute atomic E-state index is 0.00257. The van der Waals surface area contributed by atoms with Gasteiger partial charge in [-0.2, -0.15) is 0 Å². The van der Waals surface area contributed by atoms with Crippen LogP contribution in [0.2, 0.25) is 0 Å². The van der Waals surface area contributed by atoms with E-state index in [0.717, 1.165) is 45.2 Å². The standard InChI is InChI=1S/C19H31NO3.C4H4O4/c1-5-11-20(4)12-15-14-9-8-13(2)7-6-10-19(3)17(23-19)16(14)22-18(15)21;5-3(6)1-2-4(7)8/h7,14-17H,5-6,8-12H2,1-4H3;1-2H,(H,5,6)(H,7,8)/b;2-1+/t14-,15-,16-,17-,19+;/m0./s1. The molecule has 0 aromatic rings. The first-order chi connectivity index (χ1) is 14.6. The normalized spacial score (nSPS) is 32.3. The van der Waals surface area contributed by atoms with Crippen molar-refractivity contribution in [3.8, 4) is 0 Å². The molecule has 174 valence electrons. The Bertz CT molecular complexity index is 715. The maximum Gasteiger partial charge on any atom is 0.328 e. The fraction of sp³-hybridized carbons (Fsp3) is 0.696. The van der Waals surface area contributed by atoms with Crippen LogP contribution < -0.4 is 0 Å². The second-order valence-electron chi connectivity index (χ2n) is 8.92. The van der Waals surface area contributed by atoms with Crippen molar-refractivity contribution in [1.29, 1.82) is 0 Å². The Kier molecular flexibility index (Phi) is 8.82. The number of hydrogen-bond donors (Lipinski definition) is 2. The largest absolute Gasteiger partial charge is 0.478 e. The number of ether oxygens (including phenoxy) is 2. The second kappa shape index (κ2) is 10.9. The Morgan fingerprint density at radius 2 is 1.94 bits per heavy atom. The minimum Gasteiger partial charge on any atom is -0.478 e. The predicted molar refractivity (Wildman–Crippen MR) is 115 cm³/mol. The van der Waals surface area contributed by atoms with Crippen LogP contribution >= 0.6 is 0 Å². The lowest BCUT2D eigenvalue weighted by Gasteiger charge is -2.25. The smallest absolute Gasteiger partial charge is 0.328 e. The molecule has 0 bridgehead atoms. The van der Waals surface area contributed by atoms with Gasteiger partial charge in [0.05, 0.1) is 11.5 Å². The average molecular weight is 438 g/mol. The first-order valence-electron chi connectivity index (χ1n) is 10.9. The molecule has 5 atom stereocenters. The van der Waals surface area contributed by atoms with Crippen molar-refractivity contribution in [2.45, 2.75) is 70.7 Å². The Morgan fingerprint density at radius 3 is 2.52 bits per heavy atom. The molecular weight excluding hydrogens is 402 g/mol. The summed E-state index contributed by atoms with van der Waals surface area (Å²) in [6.45, 7) is 8.38. The van der Waals surface area contributed by atoms with E-state index < -0.39 is 11.9 Å².